The number of fused-ring (bicyclic) bond motifs is 2. The first kappa shape index (κ1) is 11.7. The average Bonchev–Trinajstić information content (AvgIpc) is 2.10. The summed E-state index contributed by atoms with van der Waals surface area (Å²) in [6.45, 7) is 4.57. The molecule has 2 aliphatic carbocycles. The third kappa shape index (κ3) is 2.66. The van der Waals surface area contributed by atoms with Gasteiger partial charge in [-0.2, -0.15) is 0 Å². The second kappa shape index (κ2) is 4.60. The van der Waals surface area contributed by atoms with Crippen LogP contribution in [0, 0.1) is 23.7 Å². The first-order chi connectivity index (χ1) is 7.06. The Morgan fingerprint density at radius 3 is 2.60 bits per heavy atom. The molecule has 2 saturated carbocycles. The zero-order valence-electron chi connectivity index (χ0n) is 9.41. The molecule has 0 amide bonds. The molecule has 15 heavy (non-hydrogen) atoms. The van der Waals surface area contributed by atoms with Gasteiger partial charge in [-0.1, -0.05) is 13.8 Å². The summed E-state index contributed by atoms with van der Waals surface area (Å²) in [6.07, 6.45) is 5.34. The van der Waals surface area contributed by atoms with Gasteiger partial charge in [0.05, 0.1) is 22.6 Å². The Morgan fingerprint density at radius 2 is 1.93 bits per heavy atom. The van der Waals surface area contributed by atoms with Crippen LogP contribution in [0.4, 0.5) is 4.79 Å². The first-order valence-corrected chi connectivity index (χ1v) is 7.00. The van der Waals surface area contributed by atoms with Gasteiger partial charge in [0.15, 0.2) is 0 Å². The lowest BCUT2D eigenvalue weighted by molar-refractivity contribution is -0.0323. The third-order valence-electron chi connectivity index (χ3n) is 4.04. The predicted octanol–water partition coefficient (Wildman–Crippen LogP) is 4.02. The molecule has 2 aliphatic rings. The van der Waals surface area contributed by atoms with Crippen molar-refractivity contribution in [3.8, 4) is 0 Å². The maximum Gasteiger partial charge on any atom is 0.367 e. The minimum absolute atomic E-state index is 0.138. The lowest BCUT2D eigenvalue weighted by Gasteiger charge is -2.45. The largest absolute Gasteiger partial charge is 0.454 e. The van der Waals surface area contributed by atoms with Crippen LogP contribution in [0.15, 0.2) is 0 Å². The molecule has 0 aliphatic heterocycles. The summed E-state index contributed by atoms with van der Waals surface area (Å²) in [5, 5.41) is 0. The molecule has 2 bridgehead atoms. The standard InChI is InChI=1S/C12H19IO2/c1-7-3-9-5-8(2)11(15-12(13)14)10(4-7)6-9/h7-11H,3-6H2,1-2H3. The van der Waals surface area contributed by atoms with E-state index in [0.29, 0.717) is 11.8 Å². The fourth-order valence-electron chi connectivity index (χ4n) is 3.71. The molecule has 0 aromatic rings. The van der Waals surface area contributed by atoms with Crippen molar-refractivity contribution in [1.82, 2.24) is 0 Å². The van der Waals surface area contributed by atoms with E-state index in [9.17, 15) is 4.79 Å². The van der Waals surface area contributed by atoms with Gasteiger partial charge in [0.1, 0.15) is 6.10 Å². The molecular weight excluding hydrogens is 303 g/mol. The molecule has 5 atom stereocenters. The molecule has 0 saturated heterocycles. The van der Waals surface area contributed by atoms with Crippen LogP contribution in [0.1, 0.15) is 39.5 Å². The quantitative estimate of drug-likeness (QED) is 0.538. The van der Waals surface area contributed by atoms with E-state index in [-0.39, 0.29) is 10.1 Å². The second-order valence-corrected chi connectivity index (χ2v) is 6.35. The van der Waals surface area contributed by atoms with Gasteiger partial charge in [-0.05, 0) is 49.4 Å². The highest BCUT2D eigenvalue weighted by Crippen LogP contribution is 2.46. The van der Waals surface area contributed by atoms with Crippen molar-refractivity contribution in [2.24, 2.45) is 23.7 Å². The number of ether oxygens (including phenoxy) is 1. The van der Waals surface area contributed by atoms with Crippen molar-refractivity contribution < 1.29 is 9.53 Å². The summed E-state index contributed by atoms with van der Waals surface area (Å²) in [5.41, 5.74) is 0. The zero-order chi connectivity index (χ0) is 11.0. The molecule has 0 spiro atoms. The highest BCUT2D eigenvalue weighted by atomic mass is 127. The zero-order valence-corrected chi connectivity index (χ0v) is 11.6. The Labute approximate surface area is 105 Å². The Kier molecular flexibility index (Phi) is 3.58. The number of rotatable bonds is 1. The summed E-state index contributed by atoms with van der Waals surface area (Å²) < 4.78 is 5.35. The van der Waals surface area contributed by atoms with E-state index in [1.807, 2.05) is 0 Å². The van der Waals surface area contributed by atoms with E-state index in [1.54, 1.807) is 22.6 Å². The molecule has 0 aromatic carbocycles. The van der Waals surface area contributed by atoms with E-state index in [0.717, 1.165) is 11.8 Å². The summed E-state index contributed by atoms with van der Waals surface area (Å²) in [7, 11) is 0. The SMILES string of the molecule is CC1CC2CC(C)C(OC(=O)I)C(C1)C2. The van der Waals surface area contributed by atoms with Gasteiger partial charge in [-0.15, -0.1) is 0 Å². The van der Waals surface area contributed by atoms with Crippen molar-refractivity contribution in [3.63, 3.8) is 0 Å². The monoisotopic (exact) mass is 322 g/mol. The molecule has 3 heteroatoms. The number of carbonyl (C=O) groups excluding carboxylic acids is 1. The van der Waals surface area contributed by atoms with Gasteiger partial charge in [0, 0.05) is 0 Å². The highest BCUT2D eigenvalue weighted by molar-refractivity contribution is 14.1. The number of carbonyl (C=O) groups is 1. The number of hydrogen-bond donors (Lipinski definition) is 0. The van der Waals surface area contributed by atoms with Gasteiger partial charge in [0.25, 0.3) is 0 Å². The first-order valence-electron chi connectivity index (χ1n) is 5.92. The summed E-state index contributed by atoms with van der Waals surface area (Å²) in [6, 6.07) is 0. The molecule has 0 radical (unpaired) electrons. The minimum Gasteiger partial charge on any atom is -0.454 e. The minimum atomic E-state index is -0.138. The summed E-state index contributed by atoms with van der Waals surface area (Å²) >= 11 is 1.75. The van der Waals surface area contributed by atoms with Gasteiger partial charge >= 0.3 is 3.98 Å². The maximum atomic E-state index is 11.1. The fourth-order valence-corrected chi connectivity index (χ4v) is 4.00. The van der Waals surface area contributed by atoms with Crippen LogP contribution in [0.25, 0.3) is 0 Å². The van der Waals surface area contributed by atoms with Crippen molar-refractivity contribution in [2.75, 3.05) is 0 Å². The van der Waals surface area contributed by atoms with Crippen molar-refractivity contribution in [2.45, 2.75) is 45.6 Å². The third-order valence-corrected chi connectivity index (χ3v) is 4.29. The van der Waals surface area contributed by atoms with Crippen LogP contribution < -0.4 is 0 Å². The lowest BCUT2D eigenvalue weighted by atomic mass is 9.64. The molecular formula is C12H19IO2. The molecule has 86 valence electrons. The molecule has 0 aromatic heterocycles. The average molecular weight is 322 g/mol. The lowest BCUT2D eigenvalue weighted by Crippen LogP contribution is -2.42. The topological polar surface area (TPSA) is 26.3 Å². The van der Waals surface area contributed by atoms with Crippen LogP contribution in [0.2, 0.25) is 0 Å². The Balaban J connectivity index is 2.06. The van der Waals surface area contributed by atoms with Crippen LogP contribution in [-0.2, 0) is 4.74 Å². The molecule has 5 unspecified atom stereocenters. The van der Waals surface area contributed by atoms with Gasteiger partial charge in [-0.3, -0.25) is 0 Å². The van der Waals surface area contributed by atoms with Gasteiger partial charge in [-0.25, -0.2) is 4.79 Å². The fraction of sp³-hybridized carbons (Fsp3) is 0.917. The number of halogens is 1. The molecule has 2 rings (SSSR count). The van der Waals surface area contributed by atoms with E-state index in [4.69, 9.17) is 4.74 Å². The normalized spacial score (nSPS) is 44.9. The molecule has 0 heterocycles. The van der Waals surface area contributed by atoms with Crippen LogP contribution in [0.3, 0.4) is 0 Å². The maximum absolute atomic E-state index is 11.1. The van der Waals surface area contributed by atoms with Crippen molar-refractivity contribution in [3.05, 3.63) is 0 Å². The Hall–Kier alpha value is 0.200. The Morgan fingerprint density at radius 1 is 1.20 bits per heavy atom. The van der Waals surface area contributed by atoms with Crippen molar-refractivity contribution in [1.29, 1.82) is 0 Å². The van der Waals surface area contributed by atoms with Crippen LogP contribution >= 0.6 is 22.6 Å². The van der Waals surface area contributed by atoms with Gasteiger partial charge < -0.3 is 4.74 Å². The summed E-state index contributed by atoms with van der Waals surface area (Å²) in [4.78, 5) is 11.1. The van der Waals surface area contributed by atoms with Crippen LogP contribution in [0.5, 0.6) is 0 Å². The molecule has 2 nitrogen and oxygen atoms in total. The van der Waals surface area contributed by atoms with Gasteiger partial charge in [0.2, 0.25) is 0 Å². The highest BCUT2D eigenvalue weighted by Gasteiger charge is 2.41. The van der Waals surface area contributed by atoms with Crippen LogP contribution in [-0.4, -0.2) is 10.1 Å². The molecule has 0 N–H and O–H groups in total. The predicted molar refractivity (Wildman–Crippen MR) is 68.1 cm³/mol. The van der Waals surface area contributed by atoms with E-state index < -0.39 is 0 Å². The van der Waals surface area contributed by atoms with Crippen molar-refractivity contribution >= 4 is 26.6 Å². The second-order valence-electron chi connectivity index (χ2n) is 5.47. The van der Waals surface area contributed by atoms with E-state index in [1.165, 1.54) is 25.7 Å². The Bertz CT molecular complexity index is 250. The van der Waals surface area contributed by atoms with E-state index >= 15 is 0 Å². The molecule has 2 fully saturated rings. The van der Waals surface area contributed by atoms with E-state index in [2.05, 4.69) is 13.8 Å². The number of hydrogen-bond acceptors (Lipinski definition) is 2. The summed E-state index contributed by atoms with van der Waals surface area (Å²) in [5.74, 6) is 2.88. The smallest absolute Gasteiger partial charge is 0.367 e.